The fraction of sp³-hybridized carbons (Fsp3) is 0.773. The monoisotopic (exact) mass is 767 g/mol. The number of hydrogen-bond donors (Lipinski definition) is 1. The van der Waals surface area contributed by atoms with E-state index in [9.17, 15) is 89.3 Å². The van der Waals surface area contributed by atoms with E-state index in [1.807, 2.05) is 0 Å². The quantitative estimate of drug-likeness (QED) is 0.0228. The predicted molar refractivity (Wildman–Crippen MR) is 125 cm³/mol. The molecule has 1 N–H and O–H groups in total. The number of rotatable bonds is 19. The molecular weight excluding hydrogens is 745 g/mol. The van der Waals surface area contributed by atoms with E-state index < -0.39 is 96.1 Å². The zero-order chi connectivity index (χ0) is 38.6. The average molecular weight is 767 g/mol. The Hall–Kier alpha value is -2.77. The van der Waals surface area contributed by atoms with Crippen LogP contribution in [0.2, 0.25) is 0 Å². The number of ether oxygens (including phenoxy) is 2. The fourth-order valence-electron chi connectivity index (χ4n) is 2.45. The van der Waals surface area contributed by atoms with Crippen LogP contribution in [-0.2, 0) is 28.8 Å². The molecule has 1 atom stereocenters. The number of nitrogens with zero attached hydrogens (tertiary/aromatic N) is 1. The zero-order valence-electron chi connectivity index (χ0n) is 23.9. The first-order valence-electron chi connectivity index (χ1n) is 11.9. The van der Waals surface area contributed by atoms with Crippen LogP contribution in [0.25, 0.3) is 0 Å². The molecule has 0 aliphatic heterocycles. The lowest BCUT2D eigenvalue weighted by Gasteiger charge is -2.42. The van der Waals surface area contributed by atoms with Crippen LogP contribution < -0.4 is 0 Å². The van der Waals surface area contributed by atoms with Gasteiger partial charge in [0.15, 0.2) is 6.73 Å². The maximum Gasteiger partial charge on any atom is 0.473 e. The minimum atomic E-state index is -8.82. The summed E-state index contributed by atoms with van der Waals surface area (Å²) in [7, 11) is 0. The van der Waals surface area contributed by atoms with Gasteiger partial charge in [0.1, 0.15) is 6.61 Å². The maximum absolute atomic E-state index is 14.0. The van der Waals surface area contributed by atoms with Gasteiger partial charge in [0.25, 0.3) is 0 Å². The Kier molecular flexibility index (Phi) is 14.1. The topological polar surface area (TPSA) is 104 Å². The summed E-state index contributed by atoms with van der Waals surface area (Å²) >= 11 is 0.396. The van der Waals surface area contributed by atoms with E-state index in [1.165, 1.54) is 6.92 Å². The first-order valence-corrected chi connectivity index (χ1v) is 13.1. The van der Waals surface area contributed by atoms with Gasteiger partial charge in [0.05, 0.1) is 11.5 Å². The lowest BCUT2D eigenvalue weighted by atomic mass is 9.90. The van der Waals surface area contributed by atoms with E-state index in [1.54, 1.807) is 0 Å². The van der Waals surface area contributed by atoms with Gasteiger partial charge >= 0.3 is 59.8 Å². The summed E-state index contributed by atoms with van der Waals surface area (Å²) in [5.74, 6) is -56.3. The first-order chi connectivity index (χ1) is 21.1. The number of carbonyl (C=O) groups is 2. The van der Waals surface area contributed by atoms with E-state index in [4.69, 9.17) is 0 Å². The molecule has 0 aromatic heterocycles. The number of aliphatic hydroxyl groups is 1. The van der Waals surface area contributed by atoms with Crippen LogP contribution in [0.3, 0.4) is 0 Å². The summed E-state index contributed by atoms with van der Waals surface area (Å²) < 4.78 is 234. The molecule has 0 aromatic carbocycles. The Morgan fingerprint density at radius 2 is 1.23 bits per heavy atom. The van der Waals surface area contributed by atoms with Crippen LogP contribution in [0.5, 0.6) is 0 Å². The summed E-state index contributed by atoms with van der Waals surface area (Å²) in [6.07, 6.45) is -16.2. The molecule has 48 heavy (non-hydrogen) atoms. The van der Waals surface area contributed by atoms with Crippen molar-refractivity contribution < 1.29 is 109 Å². The molecule has 0 aliphatic carbocycles. The number of carbonyl (C=O) groups excluding carboxylic acids is 2. The van der Waals surface area contributed by atoms with Gasteiger partial charge in [-0.05, 0) is 20.8 Å². The second-order valence-corrected chi connectivity index (χ2v) is 10.9. The van der Waals surface area contributed by atoms with Crippen LogP contribution in [0, 0.1) is 5.41 Å². The Balaban J connectivity index is 5.58. The Labute approximate surface area is 261 Å². The normalized spacial score (nSPS) is 15.4. The summed E-state index contributed by atoms with van der Waals surface area (Å²) in [5, 5.41) is 9.73. The van der Waals surface area contributed by atoms with Crippen molar-refractivity contribution >= 4 is 30.1 Å². The highest BCUT2D eigenvalue weighted by molar-refractivity contribution is 7.99. The SMILES string of the molecule is C=C(C)C(=O)OC/N=C\OOCC(O)CSCC(C)(C)C(=O)OC(F)(F)C(F)(F)C(F)(F)C(F)(F)C(F)(F)C(F)(F)C(F)(F)C(F)(F)F. The van der Waals surface area contributed by atoms with Gasteiger partial charge in [0.2, 0.25) is 6.40 Å². The van der Waals surface area contributed by atoms with Crippen LogP contribution in [0.15, 0.2) is 17.1 Å². The largest absolute Gasteiger partial charge is 0.473 e. The van der Waals surface area contributed by atoms with Gasteiger partial charge in [-0.15, -0.1) is 0 Å². The van der Waals surface area contributed by atoms with E-state index in [0.29, 0.717) is 32.0 Å². The molecule has 8 nitrogen and oxygen atoms in total. The van der Waals surface area contributed by atoms with E-state index >= 15 is 0 Å². The second kappa shape index (κ2) is 15.0. The van der Waals surface area contributed by atoms with Gasteiger partial charge in [-0.2, -0.15) is 91.3 Å². The molecule has 0 spiro atoms. The Morgan fingerprint density at radius 1 is 0.792 bits per heavy atom. The Bertz CT molecular complexity index is 1180. The summed E-state index contributed by atoms with van der Waals surface area (Å²) in [5.41, 5.74) is -2.48. The summed E-state index contributed by atoms with van der Waals surface area (Å²) in [4.78, 5) is 35.3. The van der Waals surface area contributed by atoms with Gasteiger partial charge in [-0.25, -0.2) is 9.79 Å². The van der Waals surface area contributed by atoms with Crippen molar-refractivity contribution in [1.82, 2.24) is 0 Å². The number of aliphatic imine (C=N–C) groups is 1. The average Bonchev–Trinajstić information content (AvgIpc) is 2.90. The van der Waals surface area contributed by atoms with E-state index in [2.05, 4.69) is 30.8 Å². The standard InChI is InChI=1S/C22H22F17NO7S/c1-10(2)12(42)44-8-40-9-46-45-5-11(41)6-48-7-14(3,4)13(43)47-22(38,39)20(33,34)18(29,30)16(25,26)15(23,24)17(27,28)19(31,32)21(35,36)37/h9,11,41H,1,5-8H2,2-4H3/b40-9-. The highest BCUT2D eigenvalue weighted by Crippen LogP contribution is 2.64. The van der Waals surface area contributed by atoms with Gasteiger partial charge in [-0.3, -0.25) is 4.79 Å². The lowest BCUT2D eigenvalue weighted by molar-refractivity contribution is -0.474. The van der Waals surface area contributed by atoms with Crippen molar-refractivity contribution in [3.63, 3.8) is 0 Å². The van der Waals surface area contributed by atoms with Crippen molar-refractivity contribution in [2.45, 2.75) is 74.7 Å². The molecule has 0 radical (unpaired) electrons. The van der Waals surface area contributed by atoms with Crippen molar-refractivity contribution in [2.75, 3.05) is 24.8 Å². The van der Waals surface area contributed by atoms with Crippen molar-refractivity contribution in [3.05, 3.63) is 12.2 Å². The second-order valence-electron chi connectivity index (χ2n) is 9.91. The molecule has 282 valence electrons. The summed E-state index contributed by atoms with van der Waals surface area (Å²) in [6, 6.07) is 0. The van der Waals surface area contributed by atoms with Crippen LogP contribution in [-0.4, -0.2) is 102 Å². The van der Waals surface area contributed by atoms with Crippen molar-refractivity contribution in [2.24, 2.45) is 10.4 Å². The number of hydrogen-bond acceptors (Lipinski definition) is 9. The number of esters is 2. The highest BCUT2D eigenvalue weighted by atomic mass is 32.2. The third kappa shape index (κ3) is 9.06. The smallest absolute Gasteiger partial charge is 0.439 e. The van der Waals surface area contributed by atoms with Gasteiger partial charge < -0.3 is 19.5 Å². The van der Waals surface area contributed by atoms with Crippen molar-refractivity contribution in [3.8, 4) is 0 Å². The van der Waals surface area contributed by atoms with Crippen LogP contribution >= 0.6 is 11.8 Å². The fourth-order valence-corrected chi connectivity index (χ4v) is 3.57. The third-order valence-corrected chi connectivity index (χ3v) is 6.85. The number of aliphatic hydroxyl groups excluding tert-OH is 1. The van der Waals surface area contributed by atoms with Crippen molar-refractivity contribution in [1.29, 1.82) is 0 Å². The van der Waals surface area contributed by atoms with Gasteiger partial charge in [-0.1, -0.05) is 6.58 Å². The molecule has 26 heteroatoms. The highest BCUT2D eigenvalue weighted by Gasteiger charge is 2.96. The van der Waals surface area contributed by atoms with E-state index in [-0.39, 0.29) is 5.57 Å². The molecule has 0 rings (SSSR count). The zero-order valence-corrected chi connectivity index (χ0v) is 24.7. The molecule has 0 saturated heterocycles. The molecule has 0 saturated carbocycles. The summed E-state index contributed by atoms with van der Waals surface area (Å²) in [6.45, 7) is 4.50. The predicted octanol–water partition coefficient (Wildman–Crippen LogP) is 6.67. The molecule has 0 bridgehead atoms. The molecule has 1 unspecified atom stereocenters. The van der Waals surface area contributed by atoms with Crippen LogP contribution in [0.1, 0.15) is 20.8 Å². The Morgan fingerprint density at radius 3 is 1.67 bits per heavy atom. The van der Waals surface area contributed by atoms with E-state index in [0.717, 1.165) is 0 Å². The number of thioether (sulfide) groups is 1. The lowest BCUT2D eigenvalue weighted by Crippen LogP contribution is -2.74. The first kappa shape index (κ1) is 45.2. The van der Waals surface area contributed by atoms with Gasteiger partial charge in [0, 0.05) is 17.1 Å². The van der Waals surface area contributed by atoms with Crippen LogP contribution in [0.4, 0.5) is 74.6 Å². The molecule has 0 aliphatic rings. The number of alkyl halides is 17. The minimum absolute atomic E-state index is 0.0486. The maximum atomic E-state index is 14.0. The molecule has 0 heterocycles. The third-order valence-electron chi connectivity index (χ3n) is 5.30. The number of halogens is 17. The molecule has 0 aromatic rings. The minimum Gasteiger partial charge on any atom is -0.439 e. The molecule has 0 amide bonds. The molecule has 0 fully saturated rings. The molecular formula is C22H22F17NO7S.